The van der Waals surface area contributed by atoms with E-state index in [1.165, 1.54) is 22.2 Å². The van der Waals surface area contributed by atoms with Crippen LogP contribution in [0.4, 0.5) is 0 Å². The van der Waals surface area contributed by atoms with E-state index in [0.717, 1.165) is 15.3 Å². The smallest absolute Gasteiger partial charge is 0.262 e. The number of ether oxygens (including phenoxy) is 1. The molecule has 0 N–H and O–H groups in total. The Morgan fingerprint density at radius 1 is 1.50 bits per heavy atom. The average molecular weight is 321 g/mol. The van der Waals surface area contributed by atoms with Crippen molar-refractivity contribution in [1.82, 2.24) is 14.5 Å². The summed E-state index contributed by atoms with van der Waals surface area (Å²) < 4.78 is 6.75. The zero-order valence-corrected chi connectivity index (χ0v) is 13.8. The quantitative estimate of drug-likeness (QED) is 0.837. The average Bonchev–Trinajstić information content (AvgIpc) is 2.78. The molecule has 1 unspecified atom stereocenters. The van der Waals surface area contributed by atoms with Gasteiger partial charge in [-0.05, 0) is 26.3 Å². The molecular weight excluding hydrogens is 302 g/mol. The molecule has 1 aliphatic rings. The van der Waals surface area contributed by atoms with Crippen LogP contribution in [0.5, 0.6) is 0 Å². The van der Waals surface area contributed by atoms with E-state index in [1.54, 1.807) is 4.90 Å². The van der Waals surface area contributed by atoms with E-state index in [9.17, 15) is 9.59 Å². The Morgan fingerprint density at radius 2 is 2.27 bits per heavy atom. The summed E-state index contributed by atoms with van der Waals surface area (Å²) in [5, 5.41) is 0.632. The van der Waals surface area contributed by atoms with E-state index in [1.807, 2.05) is 20.8 Å². The summed E-state index contributed by atoms with van der Waals surface area (Å²) in [6.07, 6.45) is 1.48. The van der Waals surface area contributed by atoms with Crippen molar-refractivity contribution < 1.29 is 9.53 Å². The maximum atomic E-state index is 12.6. The summed E-state index contributed by atoms with van der Waals surface area (Å²) in [4.78, 5) is 33.0. The van der Waals surface area contributed by atoms with Gasteiger partial charge in [-0.25, -0.2) is 4.98 Å². The molecule has 1 aliphatic heterocycles. The third-order valence-electron chi connectivity index (χ3n) is 4.15. The second kappa shape index (κ2) is 5.81. The minimum Gasteiger partial charge on any atom is -0.377 e. The molecule has 118 valence electrons. The minimum absolute atomic E-state index is 0.0282. The number of carbonyl (C=O) groups is 1. The van der Waals surface area contributed by atoms with Crippen molar-refractivity contribution in [3.63, 3.8) is 0 Å². The van der Waals surface area contributed by atoms with Gasteiger partial charge in [-0.2, -0.15) is 0 Å². The van der Waals surface area contributed by atoms with Gasteiger partial charge in [-0.15, -0.1) is 11.3 Å². The van der Waals surface area contributed by atoms with Crippen LogP contribution in [-0.2, 0) is 16.1 Å². The summed E-state index contributed by atoms with van der Waals surface area (Å²) in [7, 11) is 0. The van der Waals surface area contributed by atoms with Gasteiger partial charge in [0.05, 0.1) is 31.0 Å². The van der Waals surface area contributed by atoms with Crippen molar-refractivity contribution >= 4 is 27.5 Å². The fraction of sp³-hybridized carbons (Fsp3) is 0.533. The van der Waals surface area contributed by atoms with Crippen LogP contribution < -0.4 is 5.56 Å². The highest BCUT2D eigenvalue weighted by atomic mass is 32.1. The first kappa shape index (κ1) is 15.2. The van der Waals surface area contributed by atoms with Crippen LogP contribution in [0.2, 0.25) is 0 Å². The SMILES string of the molecule is Cc1sc2ncn(CC(=O)N3CCOCC3C)c(=O)c2c1C. The van der Waals surface area contributed by atoms with Crippen molar-refractivity contribution in [3.05, 3.63) is 27.1 Å². The molecule has 2 aromatic heterocycles. The number of nitrogens with zero attached hydrogens (tertiary/aromatic N) is 3. The second-order valence-corrected chi connectivity index (χ2v) is 6.86. The Labute approximate surface area is 132 Å². The summed E-state index contributed by atoms with van der Waals surface area (Å²) in [6, 6.07) is 0.0405. The molecule has 1 amide bonds. The monoisotopic (exact) mass is 321 g/mol. The van der Waals surface area contributed by atoms with Crippen molar-refractivity contribution in [2.24, 2.45) is 0 Å². The maximum Gasteiger partial charge on any atom is 0.262 e. The summed E-state index contributed by atoms with van der Waals surface area (Å²) in [5.74, 6) is -0.0661. The van der Waals surface area contributed by atoms with Gasteiger partial charge < -0.3 is 9.64 Å². The van der Waals surface area contributed by atoms with Crippen molar-refractivity contribution in [3.8, 4) is 0 Å². The zero-order valence-electron chi connectivity index (χ0n) is 13.0. The van der Waals surface area contributed by atoms with E-state index >= 15 is 0 Å². The molecule has 0 radical (unpaired) electrons. The number of hydrogen-bond acceptors (Lipinski definition) is 5. The van der Waals surface area contributed by atoms with Crippen LogP contribution >= 0.6 is 11.3 Å². The topological polar surface area (TPSA) is 64.4 Å². The van der Waals surface area contributed by atoms with Gasteiger partial charge >= 0.3 is 0 Å². The molecule has 22 heavy (non-hydrogen) atoms. The summed E-state index contributed by atoms with van der Waals surface area (Å²) in [5.41, 5.74) is 0.820. The molecule has 0 spiro atoms. The Morgan fingerprint density at radius 3 is 3.00 bits per heavy atom. The number of aromatic nitrogens is 2. The maximum absolute atomic E-state index is 12.6. The van der Waals surface area contributed by atoms with Gasteiger partial charge in [-0.1, -0.05) is 0 Å². The van der Waals surface area contributed by atoms with E-state index in [4.69, 9.17) is 4.74 Å². The number of fused-ring (bicyclic) bond motifs is 1. The number of thiophene rings is 1. The molecule has 0 bridgehead atoms. The first-order valence-electron chi connectivity index (χ1n) is 7.31. The van der Waals surface area contributed by atoms with Gasteiger partial charge in [-0.3, -0.25) is 14.2 Å². The van der Waals surface area contributed by atoms with E-state index in [-0.39, 0.29) is 24.1 Å². The second-order valence-electron chi connectivity index (χ2n) is 5.65. The number of rotatable bonds is 2. The number of morpholine rings is 1. The molecule has 7 heteroatoms. The standard InChI is InChI=1S/C15H19N3O3S/c1-9-7-21-5-4-18(9)12(19)6-17-8-16-14-13(15(17)20)10(2)11(3)22-14/h8-9H,4-7H2,1-3H3. The van der Waals surface area contributed by atoms with Crippen molar-refractivity contribution in [1.29, 1.82) is 0 Å². The van der Waals surface area contributed by atoms with Crippen LogP contribution in [0.3, 0.4) is 0 Å². The van der Waals surface area contributed by atoms with E-state index in [2.05, 4.69) is 4.98 Å². The van der Waals surface area contributed by atoms with Gasteiger partial charge in [0.15, 0.2) is 0 Å². The van der Waals surface area contributed by atoms with Crippen molar-refractivity contribution in [2.75, 3.05) is 19.8 Å². The summed E-state index contributed by atoms with van der Waals surface area (Å²) in [6.45, 7) is 7.54. The fourth-order valence-electron chi connectivity index (χ4n) is 2.72. The molecule has 0 aromatic carbocycles. The van der Waals surface area contributed by atoms with Crippen LogP contribution in [-0.4, -0.2) is 46.2 Å². The van der Waals surface area contributed by atoms with Gasteiger partial charge in [0.2, 0.25) is 5.91 Å². The Kier molecular flexibility index (Phi) is 4.01. The van der Waals surface area contributed by atoms with Crippen LogP contribution in [0.1, 0.15) is 17.4 Å². The third-order valence-corrected chi connectivity index (χ3v) is 5.26. The molecule has 1 atom stereocenters. The molecule has 2 aromatic rings. The lowest BCUT2D eigenvalue weighted by Gasteiger charge is -2.33. The Bertz CT molecular complexity index is 780. The number of carbonyl (C=O) groups excluding carboxylic acids is 1. The molecule has 0 saturated carbocycles. The summed E-state index contributed by atoms with van der Waals surface area (Å²) >= 11 is 1.51. The molecule has 0 aliphatic carbocycles. The van der Waals surface area contributed by atoms with Crippen LogP contribution in [0.15, 0.2) is 11.1 Å². The van der Waals surface area contributed by atoms with Gasteiger partial charge in [0, 0.05) is 11.4 Å². The predicted octanol–water partition coefficient (Wildman–Crippen LogP) is 1.32. The zero-order chi connectivity index (χ0) is 15.9. The fourth-order valence-corrected chi connectivity index (χ4v) is 3.70. The van der Waals surface area contributed by atoms with E-state index in [0.29, 0.717) is 25.1 Å². The first-order valence-corrected chi connectivity index (χ1v) is 8.13. The van der Waals surface area contributed by atoms with Gasteiger partial charge in [0.25, 0.3) is 5.56 Å². The normalized spacial score (nSPS) is 18.9. The first-order chi connectivity index (χ1) is 10.5. The lowest BCUT2D eigenvalue weighted by molar-refractivity contribution is -0.139. The molecule has 1 fully saturated rings. The molecule has 1 saturated heterocycles. The van der Waals surface area contributed by atoms with E-state index < -0.39 is 0 Å². The predicted molar refractivity (Wildman–Crippen MR) is 85.3 cm³/mol. The highest BCUT2D eigenvalue weighted by molar-refractivity contribution is 7.18. The Balaban J connectivity index is 1.91. The molecule has 3 heterocycles. The lowest BCUT2D eigenvalue weighted by Crippen LogP contribution is -2.48. The third kappa shape index (κ3) is 2.55. The highest BCUT2D eigenvalue weighted by Crippen LogP contribution is 2.25. The number of aryl methyl sites for hydroxylation is 2. The lowest BCUT2D eigenvalue weighted by atomic mass is 10.2. The minimum atomic E-state index is -0.138. The molecular formula is C15H19N3O3S. The van der Waals surface area contributed by atoms with Crippen LogP contribution in [0.25, 0.3) is 10.2 Å². The molecule has 6 nitrogen and oxygen atoms in total. The van der Waals surface area contributed by atoms with Gasteiger partial charge in [0.1, 0.15) is 11.4 Å². The molecule has 3 rings (SSSR count). The van der Waals surface area contributed by atoms with Crippen molar-refractivity contribution in [2.45, 2.75) is 33.4 Å². The Hall–Kier alpha value is -1.73. The largest absolute Gasteiger partial charge is 0.377 e. The highest BCUT2D eigenvalue weighted by Gasteiger charge is 2.24. The number of amides is 1. The van der Waals surface area contributed by atoms with Crippen LogP contribution in [0, 0.1) is 13.8 Å². The number of hydrogen-bond donors (Lipinski definition) is 0.